The number of ether oxygens (including phenoxy) is 2. The minimum Gasteiger partial charge on any atom is -0.497 e. The van der Waals surface area contributed by atoms with E-state index in [1.165, 1.54) is 0 Å². The van der Waals surface area contributed by atoms with Crippen molar-refractivity contribution in [1.29, 1.82) is 0 Å². The first-order valence-corrected chi connectivity index (χ1v) is 5.12. The van der Waals surface area contributed by atoms with Gasteiger partial charge in [-0.2, -0.15) is 0 Å². The smallest absolute Gasteiger partial charge is 0.136 e. The number of hydrogen-bond acceptors (Lipinski definition) is 3. The van der Waals surface area contributed by atoms with Crippen LogP contribution in [0.5, 0.6) is 11.5 Å². The lowest BCUT2D eigenvalue weighted by atomic mass is 10.1. The number of nitrogens with two attached hydrogens (primary N) is 1. The second kappa shape index (κ2) is 5.22. The number of hydrogen-bond donors (Lipinski definition) is 1. The van der Waals surface area contributed by atoms with Crippen LogP contribution in [0.2, 0.25) is 0 Å². The topological polar surface area (TPSA) is 44.5 Å². The van der Waals surface area contributed by atoms with Crippen LogP contribution >= 0.6 is 15.9 Å². The maximum absolute atomic E-state index is 5.51. The molecular weight excluding hydrogens is 246 g/mol. The highest BCUT2D eigenvalue weighted by Crippen LogP contribution is 2.33. The molecule has 0 aliphatic rings. The fourth-order valence-electron chi connectivity index (χ4n) is 1.31. The van der Waals surface area contributed by atoms with Gasteiger partial charge in [-0.05, 0) is 41.0 Å². The Morgan fingerprint density at radius 3 is 2.50 bits per heavy atom. The van der Waals surface area contributed by atoms with Gasteiger partial charge in [-0.3, -0.25) is 0 Å². The molecule has 3 nitrogen and oxygen atoms in total. The Morgan fingerprint density at radius 1 is 1.29 bits per heavy atom. The average Bonchev–Trinajstić information content (AvgIpc) is 2.18. The van der Waals surface area contributed by atoms with Crippen LogP contribution < -0.4 is 15.2 Å². The Balaban J connectivity index is 3.13. The summed E-state index contributed by atoms with van der Waals surface area (Å²) < 4.78 is 11.3. The first kappa shape index (κ1) is 11.3. The van der Waals surface area contributed by atoms with Crippen LogP contribution in [0.1, 0.15) is 5.56 Å². The van der Waals surface area contributed by atoms with Gasteiger partial charge in [0.2, 0.25) is 0 Å². The molecule has 0 saturated heterocycles. The minimum atomic E-state index is 0.593. The quantitative estimate of drug-likeness (QED) is 0.900. The lowest BCUT2D eigenvalue weighted by Gasteiger charge is -2.11. The number of methoxy groups -OCH3 is 2. The van der Waals surface area contributed by atoms with Crippen LogP contribution in [0.15, 0.2) is 16.6 Å². The fourth-order valence-corrected chi connectivity index (χ4v) is 1.95. The maximum atomic E-state index is 5.51. The molecule has 0 aliphatic heterocycles. The molecule has 0 atom stereocenters. The molecular formula is C10H14BrNO2. The molecule has 0 fully saturated rings. The Labute approximate surface area is 92.3 Å². The van der Waals surface area contributed by atoms with Gasteiger partial charge in [0.05, 0.1) is 18.7 Å². The van der Waals surface area contributed by atoms with Gasteiger partial charge >= 0.3 is 0 Å². The molecule has 0 heterocycles. The van der Waals surface area contributed by atoms with E-state index < -0.39 is 0 Å². The van der Waals surface area contributed by atoms with Crippen molar-refractivity contribution in [2.24, 2.45) is 5.73 Å². The molecule has 2 N–H and O–H groups in total. The van der Waals surface area contributed by atoms with Gasteiger partial charge in [-0.1, -0.05) is 0 Å². The summed E-state index contributed by atoms with van der Waals surface area (Å²) in [5.41, 5.74) is 6.57. The summed E-state index contributed by atoms with van der Waals surface area (Å²) in [5, 5.41) is 0. The summed E-state index contributed by atoms with van der Waals surface area (Å²) in [4.78, 5) is 0. The van der Waals surface area contributed by atoms with Crippen molar-refractivity contribution in [2.75, 3.05) is 20.8 Å². The van der Waals surface area contributed by atoms with Gasteiger partial charge in [-0.25, -0.2) is 0 Å². The summed E-state index contributed by atoms with van der Waals surface area (Å²) >= 11 is 3.42. The summed E-state index contributed by atoms with van der Waals surface area (Å²) in [6, 6.07) is 3.81. The van der Waals surface area contributed by atoms with Crippen LogP contribution in [-0.2, 0) is 6.42 Å². The van der Waals surface area contributed by atoms with Crippen molar-refractivity contribution in [3.8, 4) is 11.5 Å². The molecule has 0 amide bonds. The van der Waals surface area contributed by atoms with Crippen LogP contribution in [0.25, 0.3) is 0 Å². The van der Waals surface area contributed by atoms with Crippen molar-refractivity contribution >= 4 is 15.9 Å². The summed E-state index contributed by atoms with van der Waals surface area (Å²) in [6.45, 7) is 0.593. The zero-order chi connectivity index (χ0) is 10.6. The molecule has 0 aliphatic carbocycles. The second-order valence-electron chi connectivity index (χ2n) is 2.84. The van der Waals surface area contributed by atoms with Crippen LogP contribution in [0.3, 0.4) is 0 Å². The number of benzene rings is 1. The van der Waals surface area contributed by atoms with E-state index in [-0.39, 0.29) is 0 Å². The normalized spacial score (nSPS) is 10.0. The molecule has 0 saturated carbocycles. The summed E-state index contributed by atoms with van der Waals surface area (Å²) in [6.07, 6.45) is 0.777. The molecule has 0 spiro atoms. The highest BCUT2D eigenvalue weighted by atomic mass is 79.9. The predicted molar refractivity (Wildman–Crippen MR) is 60.0 cm³/mol. The first-order valence-electron chi connectivity index (χ1n) is 4.33. The maximum Gasteiger partial charge on any atom is 0.136 e. The van der Waals surface area contributed by atoms with E-state index >= 15 is 0 Å². The predicted octanol–water partition coefficient (Wildman–Crippen LogP) is 1.97. The highest BCUT2D eigenvalue weighted by molar-refractivity contribution is 9.10. The standard InChI is InChI=1S/C10H14BrNO2/c1-13-8-5-7(3-4-12)10(14-2)9(11)6-8/h5-6H,3-4,12H2,1-2H3. The van der Waals surface area contributed by atoms with E-state index in [0.29, 0.717) is 6.54 Å². The van der Waals surface area contributed by atoms with E-state index in [1.54, 1.807) is 14.2 Å². The number of rotatable bonds is 4. The average molecular weight is 260 g/mol. The third-order valence-corrected chi connectivity index (χ3v) is 2.54. The molecule has 1 aromatic rings. The Hall–Kier alpha value is -0.740. The lowest BCUT2D eigenvalue weighted by Crippen LogP contribution is -2.05. The molecule has 1 rings (SSSR count). The monoisotopic (exact) mass is 259 g/mol. The van der Waals surface area contributed by atoms with Gasteiger partial charge in [-0.15, -0.1) is 0 Å². The van der Waals surface area contributed by atoms with Crippen molar-refractivity contribution in [3.05, 3.63) is 22.2 Å². The van der Waals surface area contributed by atoms with Crippen LogP contribution in [0, 0.1) is 0 Å². The van der Waals surface area contributed by atoms with Gasteiger partial charge < -0.3 is 15.2 Å². The van der Waals surface area contributed by atoms with Crippen molar-refractivity contribution in [2.45, 2.75) is 6.42 Å². The molecule has 1 aromatic carbocycles. The van der Waals surface area contributed by atoms with Crippen molar-refractivity contribution in [3.63, 3.8) is 0 Å². The number of halogens is 1. The SMILES string of the molecule is COc1cc(Br)c(OC)c(CCN)c1. The van der Waals surface area contributed by atoms with Gasteiger partial charge in [0.25, 0.3) is 0 Å². The largest absolute Gasteiger partial charge is 0.497 e. The molecule has 14 heavy (non-hydrogen) atoms. The van der Waals surface area contributed by atoms with E-state index in [0.717, 1.165) is 28.0 Å². The second-order valence-corrected chi connectivity index (χ2v) is 3.69. The zero-order valence-electron chi connectivity index (χ0n) is 8.34. The van der Waals surface area contributed by atoms with E-state index in [9.17, 15) is 0 Å². The molecule has 0 aromatic heterocycles. The third kappa shape index (κ3) is 2.39. The first-order chi connectivity index (χ1) is 6.72. The van der Waals surface area contributed by atoms with Crippen LogP contribution in [-0.4, -0.2) is 20.8 Å². The Morgan fingerprint density at radius 2 is 2.00 bits per heavy atom. The fraction of sp³-hybridized carbons (Fsp3) is 0.400. The Bertz CT molecular complexity index is 315. The molecule has 0 unspecified atom stereocenters. The van der Waals surface area contributed by atoms with Crippen LogP contribution in [0.4, 0.5) is 0 Å². The highest BCUT2D eigenvalue weighted by Gasteiger charge is 2.09. The zero-order valence-corrected chi connectivity index (χ0v) is 9.93. The summed E-state index contributed by atoms with van der Waals surface area (Å²) in [7, 11) is 3.28. The molecule has 0 radical (unpaired) electrons. The van der Waals surface area contributed by atoms with E-state index in [2.05, 4.69) is 15.9 Å². The van der Waals surface area contributed by atoms with Gasteiger partial charge in [0.1, 0.15) is 11.5 Å². The van der Waals surface area contributed by atoms with E-state index in [1.807, 2.05) is 12.1 Å². The lowest BCUT2D eigenvalue weighted by molar-refractivity contribution is 0.396. The minimum absolute atomic E-state index is 0.593. The van der Waals surface area contributed by atoms with E-state index in [4.69, 9.17) is 15.2 Å². The van der Waals surface area contributed by atoms with Crippen molar-refractivity contribution < 1.29 is 9.47 Å². The van der Waals surface area contributed by atoms with Gasteiger partial charge in [0.15, 0.2) is 0 Å². The van der Waals surface area contributed by atoms with Gasteiger partial charge in [0, 0.05) is 5.56 Å². The Kier molecular flexibility index (Phi) is 4.22. The van der Waals surface area contributed by atoms with Crippen molar-refractivity contribution in [1.82, 2.24) is 0 Å². The molecule has 78 valence electrons. The molecule has 0 bridgehead atoms. The molecule has 4 heteroatoms. The third-order valence-electron chi connectivity index (χ3n) is 1.95. The summed E-state index contributed by atoms with van der Waals surface area (Å²) in [5.74, 6) is 1.64.